The van der Waals surface area contributed by atoms with Gasteiger partial charge in [-0.15, -0.1) is 11.6 Å². The molecule has 0 amide bonds. The molecule has 0 saturated heterocycles. The lowest BCUT2D eigenvalue weighted by Gasteiger charge is -2.16. The summed E-state index contributed by atoms with van der Waals surface area (Å²) < 4.78 is 0. The fourth-order valence-corrected chi connectivity index (χ4v) is 2.21. The Labute approximate surface area is 107 Å². The molecule has 2 aromatic carbocycles. The molecule has 0 aromatic heterocycles. The van der Waals surface area contributed by atoms with Crippen LogP contribution < -0.4 is 11.3 Å². The largest absolute Gasteiger partial charge is 0.271 e. The van der Waals surface area contributed by atoms with Gasteiger partial charge in [-0.3, -0.25) is 11.3 Å². The minimum atomic E-state index is 0.179. The van der Waals surface area contributed by atoms with Crippen molar-refractivity contribution in [3.05, 3.63) is 48.0 Å². The number of rotatable bonds is 5. The van der Waals surface area contributed by atoms with Gasteiger partial charge in [-0.25, -0.2) is 0 Å². The maximum atomic E-state index is 5.72. The fourth-order valence-electron chi connectivity index (χ4n) is 2.05. The Balaban J connectivity index is 2.27. The smallest absolute Gasteiger partial charge is 0.0460 e. The van der Waals surface area contributed by atoms with Crippen molar-refractivity contribution in [1.29, 1.82) is 0 Å². The summed E-state index contributed by atoms with van der Waals surface area (Å²) in [6, 6.07) is 15.0. The lowest BCUT2D eigenvalue weighted by atomic mass is 9.99. The highest BCUT2D eigenvalue weighted by Crippen LogP contribution is 2.23. The van der Waals surface area contributed by atoms with Crippen LogP contribution in [0.4, 0.5) is 0 Å². The van der Waals surface area contributed by atoms with Crippen molar-refractivity contribution in [3.8, 4) is 0 Å². The SMILES string of the molecule is NNC(CCCCl)c1ccc2ccccc2c1. The Hall–Kier alpha value is -1.09. The lowest BCUT2D eigenvalue weighted by molar-refractivity contribution is 0.512. The Kier molecular flexibility index (Phi) is 4.37. The summed E-state index contributed by atoms with van der Waals surface area (Å²) in [6.45, 7) is 0. The highest BCUT2D eigenvalue weighted by molar-refractivity contribution is 6.17. The maximum Gasteiger partial charge on any atom is 0.0460 e. The van der Waals surface area contributed by atoms with Crippen molar-refractivity contribution in [2.24, 2.45) is 5.84 Å². The molecule has 0 aliphatic carbocycles. The van der Waals surface area contributed by atoms with E-state index < -0.39 is 0 Å². The van der Waals surface area contributed by atoms with E-state index in [4.69, 9.17) is 17.4 Å². The second-order valence-electron chi connectivity index (χ2n) is 4.16. The van der Waals surface area contributed by atoms with Crippen molar-refractivity contribution >= 4 is 22.4 Å². The second kappa shape index (κ2) is 6.01. The van der Waals surface area contributed by atoms with E-state index in [0.29, 0.717) is 5.88 Å². The molecule has 2 rings (SSSR count). The summed E-state index contributed by atoms with van der Waals surface area (Å²) in [7, 11) is 0. The van der Waals surface area contributed by atoms with Gasteiger partial charge >= 0.3 is 0 Å². The molecule has 0 fully saturated rings. The molecular weight excluding hydrogens is 232 g/mol. The van der Waals surface area contributed by atoms with Gasteiger partial charge in [0.1, 0.15) is 0 Å². The van der Waals surface area contributed by atoms with E-state index in [2.05, 4.69) is 41.8 Å². The van der Waals surface area contributed by atoms with Crippen LogP contribution >= 0.6 is 11.6 Å². The predicted octanol–water partition coefficient (Wildman–Crippen LogP) is 3.36. The zero-order valence-corrected chi connectivity index (χ0v) is 10.5. The molecule has 2 nitrogen and oxygen atoms in total. The molecule has 1 atom stereocenters. The molecule has 0 saturated carbocycles. The highest BCUT2D eigenvalue weighted by Gasteiger charge is 2.09. The summed E-state index contributed by atoms with van der Waals surface area (Å²) in [6.07, 6.45) is 1.92. The van der Waals surface area contributed by atoms with Crippen LogP contribution in [0.15, 0.2) is 42.5 Å². The van der Waals surface area contributed by atoms with E-state index in [-0.39, 0.29) is 6.04 Å². The van der Waals surface area contributed by atoms with Crippen LogP contribution in [0.5, 0.6) is 0 Å². The normalized spacial score (nSPS) is 12.8. The molecule has 3 heteroatoms. The first kappa shape index (κ1) is 12.4. The fraction of sp³-hybridized carbons (Fsp3) is 0.286. The number of alkyl halides is 1. The van der Waals surface area contributed by atoms with E-state index in [1.165, 1.54) is 16.3 Å². The monoisotopic (exact) mass is 248 g/mol. The predicted molar refractivity (Wildman–Crippen MR) is 74.0 cm³/mol. The molecule has 0 spiro atoms. The summed E-state index contributed by atoms with van der Waals surface area (Å²) >= 11 is 5.72. The van der Waals surface area contributed by atoms with Crippen LogP contribution in [0, 0.1) is 0 Å². The van der Waals surface area contributed by atoms with E-state index in [0.717, 1.165) is 12.8 Å². The zero-order chi connectivity index (χ0) is 12.1. The molecule has 0 aliphatic rings. The van der Waals surface area contributed by atoms with Gasteiger partial charge in [0.15, 0.2) is 0 Å². The molecular formula is C14H17ClN2. The van der Waals surface area contributed by atoms with Crippen LogP contribution in [0.1, 0.15) is 24.4 Å². The van der Waals surface area contributed by atoms with Crippen LogP contribution in [-0.4, -0.2) is 5.88 Å². The second-order valence-corrected chi connectivity index (χ2v) is 4.54. The van der Waals surface area contributed by atoms with Gasteiger partial charge in [-0.1, -0.05) is 36.4 Å². The summed E-state index contributed by atoms with van der Waals surface area (Å²) in [5, 5.41) is 2.50. The molecule has 3 N–H and O–H groups in total. The lowest BCUT2D eigenvalue weighted by Crippen LogP contribution is -2.28. The molecule has 0 radical (unpaired) electrons. The number of hydrazine groups is 1. The number of hydrogen-bond donors (Lipinski definition) is 2. The molecule has 0 aliphatic heterocycles. The zero-order valence-electron chi connectivity index (χ0n) is 9.70. The van der Waals surface area contributed by atoms with Crippen LogP contribution in [0.3, 0.4) is 0 Å². The van der Waals surface area contributed by atoms with E-state index >= 15 is 0 Å². The number of fused-ring (bicyclic) bond motifs is 1. The van der Waals surface area contributed by atoms with Gasteiger partial charge in [-0.05, 0) is 35.2 Å². The van der Waals surface area contributed by atoms with Crippen LogP contribution in [0.2, 0.25) is 0 Å². The number of nitrogens with two attached hydrogens (primary N) is 1. The van der Waals surface area contributed by atoms with Crippen molar-refractivity contribution in [1.82, 2.24) is 5.43 Å². The van der Waals surface area contributed by atoms with Gasteiger partial charge in [-0.2, -0.15) is 0 Å². The van der Waals surface area contributed by atoms with Crippen LogP contribution in [-0.2, 0) is 0 Å². The number of halogens is 1. The minimum absolute atomic E-state index is 0.179. The quantitative estimate of drug-likeness (QED) is 0.484. The molecule has 17 heavy (non-hydrogen) atoms. The Morgan fingerprint density at radius 1 is 1.12 bits per heavy atom. The third-order valence-corrected chi connectivity index (χ3v) is 3.27. The molecule has 0 bridgehead atoms. The van der Waals surface area contributed by atoms with Crippen LogP contribution in [0.25, 0.3) is 10.8 Å². The van der Waals surface area contributed by atoms with Gasteiger partial charge in [0.2, 0.25) is 0 Å². The van der Waals surface area contributed by atoms with Crippen molar-refractivity contribution in [2.45, 2.75) is 18.9 Å². The van der Waals surface area contributed by atoms with E-state index in [9.17, 15) is 0 Å². The first-order valence-corrected chi connectivity index (χ1v) is 6.39. The molecule has 90 valence electrons. The minimum Gasteiger partial charge on any atom is -0.271 e. The standard InChI is InChI=1S/C14H17ClN2/c15-9-3-6-14(17-16)13-8-7-11-4-1-2-5-12(11)10-13/h1-2,4-5,7-8,10,14,17H,3,6,9,16H2. The number of benzene rings is 2. The van der Waals surface area contributed by atoms with E-state index in [1.807, 2.05) is 6.07 Å². The Morgan fingerprint density at radius 2 is 1.88 bits per heavy atom. The van der Waals surface area contributed by atoms with Crippen molar-refractivity contribution < 1.29 is 0 Å². The average molecular weight is 249 g/mol. The Bertz CT molecular complexity index is 484. The summed E-state index contributed by atoms with van der Waals surface area (Å²) in [5.74, 6) is 6.27. The van der Waals surface area contributed by atoms with E-state index in [1.54, 1.807) is 0 Å². The topological polar surface area (TPSA) is 38.0 Å². The molecule has 2 aromatic rings. The van der Waals surface area contributed by atoms with Gasteiger partial charge in [0.25, 0.3) is 0 Å². The third-order valence-electron chi connectivity index (χ3n) is 3.00. The third kappa shape index (κ3) is 2.97. The first-order chi connectivity index (χ1) is 8.35. The number of hydrogen-bond acceptors (Lipinski definition) is 2. The molecule has 0 heterocycles. The molecule has 1 unspecified atom stereocenters. The number of nitrogens with one attached hydrogen (secondary N) is 1. The van der Waals surface area contributed by atoms with Gasteiger partial charge in [0, 0.05) is 11.9 Å². The van der Waals surface area contributed by atoms with Crippen molar-refractivity contribution in [3.63, 3.8) is 0 Å². The van der Waals surface area contributed by atoms with Gasteiger partial charge in [0.05, 0.1) is 0 Å². The highest BCUT2D eigenvalue weighted by atomic mass is 35.5. The Morgan fingerprint density at radius 3 is 2.59 bits per heavy atom. The maximum absolute atomic E-state index is 5.72. The summed E-state index contributed by atoms with van der Waals surface area (Å²) in [4.78, 5) is 0. The first-order valence-electron chi connectivity index (χ1n) is 5.86. The average Bonchev–Trinajstić information content (AvgIpc) is 2.39. The summed E-state index contributed by atoms with van der Waals surface area (Å²) in [5.41, 5.74) is 4.08. The van der Waals surface area contributed by atoms with Gasteiger partial charge < -0.3 is 0 Å². The van der Waals surface area contributed by atoms with Crippen molar-refractivity contribution in [2.75, 3.05) is 5.88 Å².